The first kappa shape index (κ1) is 15.3. The molecule has 1 aromatic carbocycles. The Hall–Kier alpha value is -1.07. The zero-order valence-electron chi connectivity index (χ0n) is 11.3. The van der Waals surface area contributed by atoms with Crippen molar-refractivity contribution in [1.82, 2.24) is 4.57 Å². The number of hydrogen-bond donors (Lipinski definition) is 1. The maximum Gasteiger partial charge on any atom is 0.352 e. The van der Waals surface area contributed by atoms with Gasteiger partial charge in [-0.2, -0.15) is 0 Å². The number of nitrogens with zero attached hydrogens (tertiary/aromatic N) is 1. The maximum atomic E-state index is 11.3. The summed E-state index contributed by atoms with van der Waals surface area (Å²) in [6.07, 6.45) is 0.878. The van der Waals surface area contributed by atoms with Crippen LogP contribution in [0.5, 0.6) is 0 Å². The highest BCUT2D eigenvalue weighted by Crippen LogP contribution is 2.37. The lowest BCUT2D eigenvalue weighted by atomic mass is 10.1. The lowest BCUT2D eigenvalue weighted by Crippen LogP contribution is -2.09. The summed E-state index contributed by atoms with van der Waals surface area (Å²) in [5, 5.41) is 9.29. The SMILES string of the molecule is CCCn1c(C(=O)O)ccc1-c1c(Br)cc(C)cc1Br. The Kier molecular flexibility index (Phi) is 4.70. The van der Waals surface area contributed by atoms with E-state index in [1.165, 1.54) is 0 Å². The van der Waals surface area contributed by atoms with Crippen molar-refractivity contribution in [3.8, 4) is 11.3 Å². The second kappa shape index (κ2) is 6.14. The molecule has 0 aliphatic heterocycles. The molecule has 20 heavy (non-hydrogen) atoms. The van der Waals surface area contributed by atoms with Gasteiger partial charge in [-0.05, 0) is 43.2 Å². The highest BCUT2D eigenvalue weighted by molar-refractivity contribution is 9.11. The van der Waals surface area contributed by atoms with Crippen LogP contribution in [0.4, 0.5) is 0 Å². The molecule has 1 aromatic heterocycles. The van der Waals surface area contributed by atoms with Crippen LogP contribution in [0.25, 0.3) is 11.3 Å². The lowest BCUT2D eigenvalue weighted by Gasteiger charge is -2.14. The van der Waals surface area contributed by atoms with Crippen LogP contribution >= 0.6 is 31.9 Å². The van der Waals surface area contributed by atoms with Gasteiger partial charge in [0.2, 0.25) is 0 Å². The van der Waals surface area contributed by atoms with Crippen molar-refractivity contribution in [3.05, 3.63) is 44.5 Å². The molecule has 0 amide bonds. The van der Waals surface area contributed by atoms with E-state index in [2.05, 4.69) is 31.9 Å². The van der Waals surface area contributed by atoms with Crippen molar-refractivity contribution < 1.29 is 9.90 Å². The van der Waals surface area contributed by atoms with Gasteiger partial charge in [0.15, 0.2) is 0 Å². The predicted molar refractivity (Wildman–Crippen MR) is 87.3 cm³/mol. The quantitative estimate of drug-likeness (QED) is 0.775. The van der Waals surface area contributed by atoms with E-state index in [0.29, 0.717) is 12.2 Å². The summed E-state index contributed by atoms with van der Waals surface area (Å²) in [5.41, 5.74) is 3.35. The fourth-order valence-corrected chi connectivity index (χ4v) is 4.10. The van der Waals surface area contributed by atoms with Gasteiger partial charge in [-0.1, -0.05) is 38.8 Å². The summed E-state index contributed by atoms with van der Waals surface area (Å²) in [6, 6.07) is 7.58. The molecular weight excluding hydrogens is 386 g/mol. The molecule has 1 N–H and O–H groups in total. The van der Waals surface area contributed by atoms with Crippen LogP contribution in [0, 0.1) is 6.92 Å². The van der Waals surface area contributed by atoms with Gasteiger partial charge in [-0.25, -0.2) is 4.79 Å². The van der Waals surface area contributed by atoms with E-state index >= 15 is 0 Å². The summed E-state index contributed by atoms with van der Waals surface area (Å²) >= 11 is 7.15. The molecule has 1 heterocycles. The number of aromatic nitrogens is 1. The van der Waals surface area contributed by atoms with E-state index in [1.54, 1.807) is 6.07 Å². The molecule has 0 atom stereocenters. The van der Waals surface area contributed by atoms with E-state index in [1.807, 2.05) is 36.6 Å². The topological polar surface area (TPSA) is 42.2 Å². The zero-order valence-corrected chi connectivity index (χ0v) is 14.5. The van der Waals surface area contributed by atoms with Crippen molar-refractivity contribution in [2.45, 2.75) is 26.8 Å². The van der Waals surface area contributed by atoms with Crippen molar-refractivity contribution in [2.75, 3.05) is 0 Å². The molecule has 0 unspecified atom stereocenters. The molecule has 0 saturated heterocycles. The van der Waals surface area contributed by atoms with Gasteiger partial charge < -0.3 is 9.67 Å². The minimum absolute atomic E-state index is 0.321. The first-order valence-electron chi connectivity index (χ1n) is 6.34. The summed E-state index contributed by atoms with van der Waals surface area (Å²) < 4.78 is 3.76. The number of aromatic carboxylic acids is 1. The molecule has 0 bridgehead atoms. The molecule has 3 nitrogen and oxygen atoms in total. The molecule has 0 fully saturated rings. The van der Waals surface area contributed by atoms with E-state index in [4.69, 9.17) is 0 Å². The van der Waals surface area contributed by atoms with Crippen LogP contribution in [0.2, 0.25) is 0 Å². The molecule has 0 spiro atoms. The Balaban J connectivity index is 2.67. The van der Waals surface area contributed by atoms with Gasteiger partial charge >= 0.3 is 5.97 Å². The van der Waals surface area contributed by atoms with Crippen molar-refractivity contribution in [1.29, 1.82) is 0 Å². The molecule has 2 rings (SSSR count). The predicted octanol–water partition coefficient (Wildman–Crippen LogP) is 5.10. The monoisotopic (exact) mass is 399 g/mol. The first-order valence-corrected chi connectivity index (χ1v) is 7.93. The number of carbonyl (C=O) groups is 1. The van der Waals surface area contributed by atoms with Crippen LogP contribution in [0.3, 0.4) is 0 Å². The molecule has 5 heteroatoms. The van der Waals surface area contributed by atoms with Crippen LogP contribution in [0.15, 0.2) is 33.2 Å². The lowest BCUT2D eigenvalue weighted by molar-refractivity contribution is 0.0685. The maximum absolute atomic E-state index is 11.3. The van der Waals surface area contributed by atoms with Gasteiger partial charge in [0.25, 0.3) is 0 Å². The van der Waals surface area contributed by atoms with Crippen molar-refractivity contribution in [2.24, 2.45) is 0 Å². The van der Waals surface area contributed by atoms with E-state index < -0.39 is 5.97 Å². The van der Waals surface area contributed by atoms with Crippen LogP contribution < -0.4 is 0 Å². The molecule has 2 aromatic rings. The third-order valence-corrected chi connectivity index (χ3v) is 4.34. The Morgan fingerprint density at radius 2 is 1.85 bits per heavy atom. The minimum atomic E-state index is -0.899. The number of hydrogen-bond acceptors (Lipinski definition) is 1. The van der Waals surface area contributed by atoms with Crippen LogP contribution in [-0.2, 0) is 6.54 Å². The molecule has 0 radical (unpaired) electrons. The molecule has 0 aliphatic rings. The number of halogens is 2. The normalized spacial score (nSPS) is 10.8. The van der Waals surface area contributed by atoms with Gasteiger partial charge in [0, 0.05) is 21.1 Å². The smallest absolute Gasteiger partial charge is 0.352 e. The Labute approximate surface area is 134 Å². The highest BCUT2D eigenvalue weighted by atomic mass is 79.9. The van der Waals surface area contributed by atoms with Gasteiger partial charge in [-0.15, -0.1) is 0 Å². The minimum Gasteiger partial charge on any atom is -0.477 e. The fraction of sp³-hybridized carbons (Fsp3) is 0.267. The number of benzene rings is 1. The third-order valence-electron chi connectivity index (χ3n) is 3.09. The summed E-state index contributed by atoms with van der Waals surface area (Å²) in [6.45, 7) is 4.73. The third kappa shape index (κ3) is 2.83. The largest absolute Gasteiger partial charge is 0.477 e. The second-order valence-corrected chi connectivity index (χ2v) is 6.37. The average molecular weight is 401 g/mol. The van der Waals surface area contributed by atoms with Crippen molar-refractivity contribution >= 4 is 37.8 Å². The fourth-order valence-electron chi connectivity index (χ4n) is 2.28. The number of carboxylic acid groups (broad SMARTS) is 1. The summed E-state index contributed by atoms with van der Waals surface area (Å²) in [4.78, 5) is 11.3. The number of carboxylic acids is 1. The summed E-state index contributed by atoms with van der Waals surface area (Å²) in [5.74, 6) is -0.899. The van der Waals surface area contributed by atoms with Gasteiger partial charge in [0.05, 0.1) is 5.69 Å². The van der Waals surface area contributed by atoms with Crippen LogP contribution in [-0.4, -0.2) is 15.6 Å². The Bertz CT molecular complexity index is 639. The number of rotatable bonds is 4. The van der Waals surface area contributed by atoms with Gasteiger partial charge in [-0.3, -0.25) is 0 Å². The van der Waals surface area contributed by atoms with Crippen LogP contribution in [0.1, 0.15) is 29.4 Å². The summed E-state index contributed by atoms with van der Waals surface area (Å²) in [7, 11) is 0. The highest BCUT2D eigenvalue weighted by Gasteiger charge is 2.18. The van der Waals surface area contributed by atoms with E-state index in [9.17, 15) is 9.90 Å². The van der Waals surface area contributed by atoms with Gasteiger partial charge in [0.1, 0.15) is 5.69 Å². The first-order chi connectivity index (χ1) is 9.45. The molecular formula is C15H15Br2NO2. The standard InChI is InChI=1S/C15H15Br2NO2/c1-3-6-18-12(4-5-13(18)15(19)20)14-10(16)7-9(2)8-11(14)17/h4-5,7-8H,3,6H2,1-2H3,(H,19,20). The van der Waals surface area contributed by atoms with E-state index in [0.717, 1.165) is 32.2 Å². The molecule has 0 aliphatic carbocycles. The number of aryl methyl sites for hydroxylation is 1. The Morgan fingerprint density at radius 3 is 2.35 bits per heavy atom. The van der Waals surface area contributed by atoms with Crippen molar-refractivity contribution in [3.63, 3.8) is 0 Å². The second-order valence-electron chi connectivity index (χ2n) is 4.66. The zero-order chi connectivity index (χ0) is 14.9. The average Bonchev–Trinajstić information content (AvgIpc) is 2.72. The van der Waals surface area contributed by atoms with E-state index in [-0.39, 0.29) is 0 Å². The molecule has 0 saturated carbocycles. The molecule has 106 valence electrons. The Morgan fingerprint density at radius 1 is 1.25 bits per heavy atom.